The fourth-order valence-electron chi connectivity index (χ4n) is 1.78. The van der Waals surface area contributed by atoms with Crippen LogP contribution in [0, 0.1) is 6.92 Å². The third-order valence-corrected chi connectivity index (χ3v) is 3.63. The van der Waals surface area contributed by atoms with Gasteiger partial charge in [0.25, 0.3) is 5.56 Å². The molecule has 0 aliphatic rings. The number of carbonyl (C=O) groups is 1. The summed E-state index contributed by atoms with van der Waals surface area (Å²) in [4.78, 5) is 27.9. The molecule has 8 nitrogen and oxygen atoms in total. The van der Waals surface area contributed by atoms with Crippen molar-refractivity contribution in [3.63, 3.8) is 0 Å². The van der Waals surface area contributed by atoms with Crippen LogP contribution in [0.5, 0.6) is 0 Å². The van der Waals surface area contributed by atoms with Gasteiger partial charge in [-0.05, 0) is 19.1 Å². The van der Waals surface area contributed by atoms with Crippen molar-refractivity contribution >= 4 is 22.4 Å². The Morgan fingerprint density at radius 1 is 1.41 bits per heavy atom. The van der Waals surface area contributed by atoms with Gasteiger partial charge in [-0.25, -0.2) is 14.3 Å². The van der Waals surface area contributed by atoms with E-state index in [0.29, 0.717) is 10.9 Å². The first-order valence-corrected chi connectivity index (χ1v) is 7.30. The zero-order chi connectivity index (χ0) is 15.5. The molecule has 3 aromatic rings. The van der Waals surface area contributed by atoms with Gasteiger partial charge in [-0.3, -0.25) is 9.59 Å². The van der Waals surface area contributed by atoms with E-state index in [4.69, 9.17) is 0 Å². The second-order valence-electron chi connectivity index (χ2n) is 4.48. The first-order chi connectivity index (χ1) is 10.6. The van der Waals surface area contributed by atoms with Gasteiger partial charge in [0.2, 0.25) is 5.91 Å². The maximum Gasteiger partial charge on any atom is 0.267 e. The fourth-order valence-corrected chi connectivity index (χ4v) is 2.49. The van der Waals surface area contributed by atoms with Crippen molar-refractivity contribution in [1.82, 2.24) is 24.5 Å². The fraction of sp³-hybridized carbons (Fsp3) is 0.154. The summed E-state index contributed by atoms with van der Waals surface area (Å²) in [6, 6.07) is 4.65. The van der Waals surface area contributed by atoms with E-state index in [2.05, 4.69) is 20.5 Å². The van der Waals surface area contributed by atoms with Crippen molar-refractivity contribution in [3.05, 3.63) is 52.0 Å². The Kier molecular flexibility index (Phi) is 3.79. The van der Waals surface area contributed by atoms with Gasteiger partial charge in [-0.2, -0.15) is 5.10 Å². The zero-order valence-corrected chi connectivity index (χ0v) is 12.4. The minimum Gasteiger partial charge on any atom is -0.300 e. The molecule has 1 amide bonds. The summed E-state index contributed by atoms with van der Waals surface area (Å²) in [5, 5.41) is 13.1. The highest BCUT2D eigenvalue weighted by molar-refractivity contribution is 7.13. The maximum atomic E-state index is 12.0. The molecule has 0 aromatic carbocycles. The minimum atomic E-state index is -0.360. The van der Waals surface area contributed by atoms with Crippen LogP contribution >= 0.6 is 11.3 Å². The Morgan fingerprint density at radius 2 is 2.27 bits per heavy atom. The van der Waals surface area contributed by atoms with Crippen molar-refractivity contribution in [3.8, 4) is 5.82 Å². The summed E-state index contributed by atoms with van der Waals surface area (Å²) < 4.78 is 2.60. The Balaban J connectivity index is 1.78. The molecule has 22 heavy (non-hydrogen) atoms. The molecule has 3 rings (SSSR count). The van der Waals surface area contributed by atoms with E-state index in [0.717, 1.165) is 10.4 Å². The largest absolute Gasteiger partial charge is 0.300 e. The molecule has 112 valence electrons. The summed E-state index contributed by atoms with van der Waals surface area (Å²) >= 11 is 1.33. The number of aryl methyl sites for hydroxylation is 1. The van der Waals surface area contributed by atoms with Gasteiger partial charge in [-0.15, -0.1) is 16.4 Å². The highest BCUT2D eigenvalue weighted by Crippen LogP contribution is 2.14. The number of hydrogen-bond acceptors (Lipinski definition) is 6. The highest BCUT2D eigenvalue weighted by atomic mass is 32.1. The highest BCUT2D eigenvalue weighted by Gasteiger charge is 2.09. The zero-order valence-electron chi connectivity index (χ0n) is 11.6. The van der Waals surface area contributed by atoms with Crippen molar-refractivity contribution in [2.45, 2.75) is 13.5 Å². The lowest BCUT2D eigenvalue weighted by Gasteiger charge is -2.06. The van der Waals surface area contributed by atoms with Gasteiger partial charge in [0.05, 0.1) is 5.69 Å². The van der Waals surface area contributed by atoms with Crippen molar-refractivity contribution in [1.29, 1.82) is 0 Å². The number of anilines is 1. The Hall–Kier alpha value is -2.81. The van der Waals surface area contributed by atoms with Crippen molar-refractivity contribution < 1.29 is 4.79 Å². The van der Waals surface area contributed by atoms with Gasteiger partial charge in [0.15, 0.2) is 10.9 Å². The molecular weight excluding hydrogens is 304 g/mol. The second kappa shape index (κ2) is 5.90. The molecule has 0 aliphatic carbocycles. The monoisotopic (exact) mass is 316 g/mol. The quantitative estimate of drug-likeness (QED) is 0.769. The average Bonchev–Trinajstić information content (AvgIpc) is 3.13. The number of amides is 1. The lowest BCUT2D eigenvalue weighted by atomic mass is 10.5. The van der Waals surface area contributed by atoms with Crippen molar-refractivity contribution in [2.75, 3.05) is 5.32 Å². The summed E-state index contributed by atoms with van der Waals surface area (Å²) in [7, 11) is 0. The van der Waals surface area contributed by atoms with Crippen LogP contribution in [0.2, 0.25) is 0 Å². The third kappa shape index (κ3) is 3.09. The van der Waals surface area contributed by atoms with E-state index in [1.165, 1.54) is 22.1 Å². The lowest BCUT2D eigenvalue weighted by Crippen LogP contribution is -2.30. The summed E-state index contributed by atoms with van der Waals surface area (Å²) in [6.45, 7) is 1.65. The average molecular weight is 316 g/mol. The van der Waals surface area contributed by atoms with E-state index in [-0.39, 0.29) is 18.0 Å². The van der Waals surface area contributed by atoms with Gasteiger partial charge in [0, 0.05) is 23.8 Å². The molecule has 1 N–H and O–H groups in total. The van der Waals surface area contributed by atoms with Crippen LogP contribution in [0.15, 0.2) is 40.8 Å². The summed E-state index contributed by atoms with van der Waals surface area (Å²) in [6.07, 6.45) is 3.31. The number of aromatic nitrogens is 5. The third-order valence-electron chi connectivity index (χ3n) is 2.75. The first kappa shape index (κ1) is 14.1. The van der Waals surface area contributed by atoms with Crippen LogP contribution < -0.4 is 10.9 Å². The molecule has 0 radical (unpaired) electrons. The SMILES string of the molecule is Cc1csc(NC(=O)Cn2nc(-n3cccn3)ccc2=O)n1. The van der Waals surface area contributed by atoms with Gasteiger partial charge in [0.1, 0.15) is 6.54 Å². The van der Waals surface area contributed by atoms with E-state index in [9.17, 15) is 9.59 Å². The molecule has 3 aromatic heterocycles. The molecule has 0 spiro atoms. The normalized spacial score (nSPS) is 10.6. The van der Waals surface area contributed by atoms with E-state index in [1.54, 1.807) is 24.5 Å². The number of nitrogens with one attached hydrogen (secondary N) is 1. The summed E-state index contributed by atoms with van der Waals surface area (Å²) in [5.74, 6) is 0.101. The van der Waals surface area contributed by atoms with Crippen LogP contribution in [0.4, 0.5) is 5.13 Å². The first-order valence-electron chi connectivity index (χ1n) is 6.42. The Morgan fingerprint density at radius 3 is 2.95 bits per heavy atom. The molecular formula is C13H12N6O2S. The number of carbonyl (C=O) groups excluding carboxylic acids is 1. The number of rotatable bonds is 4. The Bertz CT molecular complexity index is 852. The van der Waals surface area contributed by atoms with E-state index < -0.39 is 0 Å². The molecule has 0 bridgehead atoms. The van der Waals surface area contributed by atoms with Crippen LogP contribution in [-0.4, -0.2) is 30.5 Å². The molecule has 0 saturated heterocycles. The number of thiazole rings is 1. The van der Waals surface area contributed by atoms with Crippen molar-refractivity contribution in [2.24, 2.45) is 0 Å². The van der Waals surface area contributed by atoms with Gasteiger partial charge >= 0.3 is 0 Å². The topological polar surface area (TPSA) is 94.7 Å². The lowest BCUT2D eigenvalue weighted by molar-refractivity contribution is -0.117. The molecule has 0 unspecified atom stereocenters. The molecule has 0 fully saturated rings. The minimum absolute atomic E-state index is 0.188. The molecule has 9 heteroatoms. The predicted molar refractivity (Wildman–Crippen MR) is 81.1 cm³/mol. The van der Waals surface area contributed by atoms with E-state index in [1.807, 2.05) is 12.3 Å². The van der Waals surface area contributed by atoms with Gasteiger partial charge in [-0.1, -0.05) is 0 Å². The number of nitrogens with zero attached hydrogens (tertiary/aromatic N) is 5. The summed E-state index contributed by atoms with van der Waals surface area (Å²) in [5.41, 5.74) is 0.470. The molecule has 0 saturated carbocycles. The number of hydrogen-bond donors (Lipinski definition) is 1. The van der Waals surface area contributed by atoms with Crippen LogP contribution in [-0.2, 0) is 11.3 Å². The Labute approximate surface area is 129 Å². The van der Waals surface area contributed by atoms with Crippen LogP contribution in [0.1, 0.15) is 5.69 Å². The van der Waals surface area contributed by atoms with Crippen LogP contribution in [0.25, 0.3) is 5.82 Å². The maximum absolute atomic E-state index is 12.0. The van der Waals surface area contributed by atoms with E-state index >= 15 is 0 Å². The molecule has 3 heterocycles. The second-order valence-corrected chi connectivity index (χ2v) is 5.34. The predicted octanol–water partition coefficient (Wildman–Crippen LogP) is 0.833. The molecule has 0 atom stereocenters. The van der Waals surface area contributed by atoms with Crippen LogP contribution in [0.3, 0.4) is 0 Å². The standard InChI is InChI=1S/C13H12N6O2S/c1-9-8-22-13(15-9)16-11(20)7-19-12(21)4-3-10(17-19)18-6-2-5-14-18/h2-6,8H,7H2,1H3,(H,15,16,20). The van der Waals surface area contributed by atoms with Gasteiger partial charge < -0.3 is 5.32 Å². The smallest absolute Gasteiger partial charge is 0.267 e. The molecule has 0 aliphatic heterocycles.